The monoisotopic (exact) mass is 247 g/mol. The number of hydrogen-bond donors (Lipinski definition) is 1. The molecule has 2 nitrogen and oxygen atoms in total. The highest BCUT2D eigenvalue weighted by Gasteiger charge is 2.25. The quantitative estimate of drug-likeness (QED) is 0.882. The summed E-state index contributed by atoms with van der Waals surface area (Å²) < 4.78 is 5.48. The molecule has 1 heterocycles. The molecule has 1 aliphatic heterocycles. The van der Waals surface area contributed by atoms with Crippen LogP contribution >= 0.6 is 0 Å². The van der Waals surface area contributed by atoms with Crippen molar-refractivity contribution >= 4 is 0 Å². The zero-order valence-corrected chi connectivity index (χ0v) is 12.3. The number of fused-ring (bicyclic) bond motifs is 1. The Morgan fingerprint density at radius 3 is 2.72 bits per heavy atom. The lowest BCUT2D eigenvalue weighted by molar-refractivity contribution is 0.405. The number of hydrogen-bond acceptors (Lipinski definition) is 2. The molecule has 0 spiro atoms. The molecular weight excluding hydrogens is 222 g/mol. The van der Waals surface area contributed by atoms with E-state index >= 15 is 0 Å². The van der Waals surface area contributed by atoms with Gasteiger partial charge in [-0.2, -0.15) is 0 Å². The molecule has 1 unspecified atom stereocenters. The van der Waals surface area contributed by atoms with Gasteiger partial charge >= 0.3 is 0 Å². The molecule has 0 amide bonds. The molecule has 1 atom stereocenters. The molecule has 1 aliphatic rings. The van der Waals surface area contributed by atoms with Crippen LogP contribution in [-0.4, -0.2) is 13.7 Å². The van der Waals surface area contributed by atoms with Gasteiger partial charge in [0.1, 0.15) is 5.75 Å². The highest BCUT2D eigenvalue weighted by atomic mass is 16.5. The maximum atomic E-state index is 5.48. The third-order valence-electron chi connectivity index (χ3n) is 4.00. The number of methoxy groups -OCH3 is 1. The molecule has 0 saturated carbocycles. The van der Waals surface area contributed by atoms with Crippen molar-refractivity contribution in [2.45, 2.75) is 46.6 Å². The highest BCUT2D eigenvalue weighted by Crippen LogP contribution is 2.37. The number of nitrogens with one attached hydrogen (secondary N) is 1. The van der Waals surface area contributed by atoms with Crippen LogP contribution in [0, 0.1) is 19.8 Å². The minimum atomic E-state index is 0.651. The summed E-state index contributed by atoms with van der Waals surface area (Å²) in [6.07, 6.45) is 1.26. The third kappa shape index (κ3) is 2.39. The third-order valence-corrected chi connectivity index (χ3v) is 4.00. The number of rotatable bonds is 3. The van der Waals surface area contributed by atoms with Crippen LogP contribution in [0.2, 0.25) is 0 Å². The van der Waals surface area contributed by atoms with Gasteiger partial charge in [-0.05, 0) is 60.4 Å². The molecule has 2 heteroatoms. The van der Waals surface area contributed by atoms with E-state index in [1.807, 2.05) is 0 Å². The zero-order chi connectivity index (χ0) is 13.3. The summed E-state index contributed by atoms with van der Waals surface area (Å²) in [5.74, 6) is 2.42. The molecule has 0 fully saturated rings. The first-order valence-electron chi connectivity index (χ1n) is 6.92. The van der Waals surface area contributed by atoms with Crippen LogP contribution in [0.5, 0.6) is 5.75 Å². The van der Waals surface area contributed by atoms with Crippen molar-refractivity contribution in [3.63, 3.8) is 0 Å². The van der Waals surface area contributed by atoms with E-state index in [1.54, 1.807) is 12.7 Å². The van der Waals surface area contributed by atoms with Crippen molar-refractivity contribution in [3.05, 3.63) is 28.3 Å². The van der Waals surface area contributed by atoms with Crippen molar-refractivity contribution in [3.8, 4) is 5.75 Å². The summed E-state index contributed by atoms with van der Waals surface area (Å²) in [5.41, 5.74) is 5.73. The molecule has 2 rings (SSSR count). The van der Waals surface area contributed by atoms with Crippen LogP contribution in [0.25, 0.3) is 0 Å². The number of ether oxygens (including phenoxy) is 1. The van der Waals surface area contributed by atoms with E-state index in [0.717, 1.165) is 24.8 Å². The van der Waals surface area contributed by atoms with E-state index in [4.69, 9.17) is 4.74 Å². The lowest BCUT2D eigenvalue weighted by Crippen LogP contribution is -2.30. The minimum Gasteiger partial charge on any atom is -0.496 e. The summed E-state index contributed by atoms with van der Waals surface area (Å²) >= 11 is 0. The van der Waals surface area contributed by atoms with Gasteiger partial charge in [0.15, 0.2) is 0 Å². The van der Waals surface area contributed by atoms with Crippen LogP contribution in [0.4, 0.5) is 0 Å². The second-order valence-corrected chi connectivity index (χ2v) is 5.87. The lowest BCUT2D eigenvalue weighted by Gasteiger charge is -2.31. The number of aryl methyl sites for hydroxylation is 1. The maximum absolute atomic E-state index is 5.48. The largest absolute Gasteiger partial charge is 0.496 e. The van der Waals surface area contributed by atoms with E-state index in [0.29, 0.717) is 5.92 Å². The van der Waals surface area contributed by atoms with Gasteiger partial charge in [0, 0.05) is 13.1 Å². The fourth-order valence-corrected chi connectivity index (χ4v) is 3.22. The van der Waals surface area contributed by atoms with Gasteiger partial charge in [-0.1, -0.05) is 13.8 Å². The van der Waals surface area contributed by atoms with Crippen molar-refractivity contribution in [2.75, 3.05) is 13.7 Å². The molecule has 1 aromatic rings. The van der Waals surface area contributed by atoms with Crippen LogP contribution in [-0.2, 0) is 6.54 Å². The molecule has 1 aromatic carbocycles. The molecule has 1 N–H and O–H groups in total. The maximum Gasteiger partial charge on any atom is 0.122 e. The van der Waals surface area contributed by atoms with E-state index in [9.17, 15) is 0 Å². The second kappa shape index (κ2) is 5.31. The summed E-state index contributed by atoms with van der Waals surface area (Å²) in [7, 11) is 1.76. The van der Waals surface area contributed by atoms with Crippen LogP contribution < -0.4 is 10.1 Å². The van der Waals surface area contributed by atoms with Crippen LogP contribution in [0.15, 0.2) is 6.07 Å². The average molecular weight is 247 g/mol. The molecule has 18 heavy (non-hydrogen) atoms. The molecule has 0 aliphatic carbocycles. The fraction of sp³-hybridized carbons (Fsp3) is 0.625. The minimum absolute atomic E-state index is 0.651. The van der Waals surface area contributed by atoms with Gasteiger partial charge in [-0.15, -0.1) is 0 Å². The second-order valence-electron chi connectivity index (χ2n) is 5.87. The van der Waals surface area contributed by atoms with E-state index in [1.165, 1.54) is 23.1 Å². The standard InChI is InChI=1S/C16H25NO/c1-10(2)6-13-8-17-9-14-12(4)15(18-5)7-11(3)16(13)14/h7,10,13,17H,6,8-9H2,1-5H3. The molecule has 0 aromatic heterocycles. The molecule has 0 saturated heterocycles. The predicted octanol–water partition coefficient (Wildman–Crippen LogP) is 3.54. The molecular formula is C16H25NO. The Morgan fingerprint density at radius 2 is 2.11 bits per heavy atom. The molecule has 0 bridgehead atoms. The lowest BCUT2D eigenvalue weighted by atomic mass is 9.81. The summed E-state index contributed by atoms with van der Waals surface area (Å²) in [5, 5.41) is 3.56. The topological polar surface area (TPSA) is 21.3 Å². The van der Waals surface area contributed by atoms with Gasteiger partial charge in [0.25, 0.3) is 0 Å². The van der Waals surface area contributed by atoms with Gasteiger partial charge in [-0.3, -0.25) is 0 Å². The Kier molecular flexibility index (Phi) is 3.96. The Bertz CT molecular complexity index is 437. The van der Waals surface area contributed by atoms with Gasteiger partial charge in [0.2, 0.25) is 0 Å². The van der Waals surface area contributed by atoms with E-state index < -0.39 is 0 Å². The summed E-state index contributed by atoms with van der Waals surface area (Å²) in [4.78, 5) is 0. The average Bonchev–Trinajstić information content (AvgIpc) is 2.32. The first kappa shape index (κ1) is 13.4. The first-order valence-corrected chi connectivity index (χ1v) is 6.92. The van der Waals surface area contributed by atoms with Gasteiger partial charge < -0.3 is 10.1 Å². The fourth-order valence-electron chi connectivity index (χ4n) is 3.22. The van der Waals surface area contributed by atoms with Crippen LogP contribution in [0.3, 0.4) is 0 Å². The first-order chi connectivity index (χ1) is 8.54. The highest BCUT2D eigenvalue weighted by molar-refractivity contribution is 5.51. The zero-order valence-electron chi connectivity index (χ0n) is 12.3. The Morgan fingerprint density at radius 1 is 1.39 bits per heavy atom. The van der Waals surface area contributed by atoms with Gasteiger partial charge in [0.05, 0.1) is 7.11 Å². The predicted molar refractivity (Wildman–Crippen MR) is 76.4 cm³/mol. The van der Waals surface area contributed by atoms with E-state index in [2.05, 4.69) is 39.1 Å². The van der Waals surface area contributed by atoms with Crippen LogP contribution in [0.1, 0.15) is 48.4 Å². The SMILES string of the molecule is COc1cc(C)c2c(c1C)CNCC2CC(C)C. The Balaban J connectivity index is 2.47. The van der Waals surface area contributed by atoms with Crippen molar-refractivity contribution in [1.82, 2.24) is 5.32 Å². The Hall–Kier alpha value is -1.02. The smallest absolute Gasteiger partial charge is 0.122 e. The normalized spacial score (nSPS) is 18.9. The molecule has 100 valence electrons. The van der Waals surface area contributed by atoms with Crippen molar-refractivity contribution in [1.29, 1.82) is 0 Å². The summed E-state index contributed by atoms with van der Waals surface area (Å²) in [6, 6.07) is 2.20. The van der Waals surface area contributed by atoms with Gasteiger partial charge in [-0.25, -0.2) is 0 Å². The summed E-state index contributed by atoms with van der Waals surface area (Å²) in [6.45, 7) is 11.1. The van der Waals surface area contributed by atoms with Crippen molar-refractivity contribution < 1.29 is 4.74 Å². The molecule has 0 radical (unpaired) electrons. The van der Waals surface area contributed by atoms with Crippen molar-refractivity contribution in [2.24, 2.45) is 5.92 Å². The van der Waals surface area contributed by atoms with E-state index in [-0.39, 0.29) is 0 Å². The Labute approximate surface area is 111 Å². The number of benzene rings is 1.